The quantitative estimate of drug-likeness (QED) is 0.723. The van der Waals surface area contributed by atoms with Crippen LogP contribution in [0.2, 0.25) is 0 Å². The van der Waals surface area contributed by atoms with Gasteiger partial charge in [0.2, 0.25) is 15.9 Å². The second kappa shape index (κ2) is 7.32. The van der Waals surface area contributed by atoms with Crippen LogP contribution in [0.15, 0.2) is 29.4 Å². The molecule has 0 aromatic carbocycles. The molecule has 122 valence electrons. The lowest BCUT2D eigenvalue weighted by atomic mass is 10.1. The molecule has 0 aliphatic heterocycles. The van der Waals surface area contributed by atoms with Gasteiger partial charge in [0.1, 0.15) is 10.9 Å². The fraction of sp³-hybridized carbons (Fsp3) is 0.462. The average molecular weight is 329 g/mol. The monoisotopic (exact) mass is 329 g/mol. The molecular weight excluding hydrogens is 310 g/mol. The molecule has 0 bridgehead atoms. The molecule has 1 amide bonds. The maximum atomic E-state index is 12.2. The Hall–Kier alpha value is -2.00. The minimum absolute atomic E-state index is 0.0380. The third-order valence-corrected chi connectivity index (χ3v) is 4.75. The van der Waals surface area contributed by atoms with Gasteiger partial charge in [-0.25, -0.2) is 13.2 Å². The van der Waals surface area contributed by atoms with E-state index in [-0.39, 0.29) is 10.8 Å². The van der Waals surface area contributed by atoms with E-state index in [4.69, 9.17) is 5.11 Å². The maximum absolute atomic E-state index is 12.2. The molecule has 0 spiro atoms. The first-order valence-corrected chi connectivity index (χ1v) is 7.98. The summed E-state index contributed by atoms with van der Waals surface area (Å²) >= 11 is 0. The van der Waals surface area contributed by atoms with Gasteiger partial charge in [-0.3, -0.25) is 9.78 Å². The van der Waals surface area contributed by atoms with Crippen molar-refractivity contribution in [2.45, 2.75) is 24.8 Å². The highest BCUT2D eigenvalue weighted by atomic mass is 32.2. The fourth-order valence-corrected chi connectivity index (χ4v) is 2.79. The summed E-state index contributed by atoms with van der Waals surface area (Å²) in [5.41, 5.74) is 0. The number of aliphatic carboxylic acids is 1. The molecule has 0 fully saturated rings. The molecule has 1 aromatic rings. The number of aromatic nitrogens is 1. The lowest BCUT2D eigenvalue weighted by Crippen LogP contribution is -2.48. The maximum Gasteiger partial charge on any atom is 0.326 e. The second-order valence-corrected chi connectivity index (χ2v) is 7.12. The van der Waals surface area contributed by atoms with Gasteiger partial charge in [-0.2, -0.15) is 4.31 Å². The van der Waals surface area contributed by atoms with Crippen LogP contribution in [0.25, 0.3) is 0 Å². The molecule has 2 N–H and O–H groups in total. The number of carboxylic acid groups (broad SMARTS) is 1. The third-order valence-electron chi connectivity index (χ3n) is 2.96. The number of amides is 1. The van der Waals surface area contributed by atoms with Crippen LogP contribution in [-0.2, 0) is 19.6 Å². The first kappa shape index (κ1) is 18.1. The summed E-state index contributed by atoms with van der Waals surface area (Å²) in [6.45, 7) is 2.82. The van der Waals surface area contributed by atoms with Crippen LogP contribution in [0.5, 0.6) is 0 Å². The summed E-state index contributed by atoms with van der Waals surface area (Å²) in [4.78, 5) is 26.6. The number of carbonyl (C=O) groups is 2. The van der Waals surface area contributed by atoms with Gasteiger partial charge in [-0.05, 0) is 18.1 Å². The third kappa shape index (κ3) is 4.50. The summed E-state index contributed by atoms with van der Waals surface area (Å²) in [6, 6.07) is 1.77. The van der Waals surface area contributed by atoms with Crippen molar-refractivity contribution in [1.82, 2.24) is 14.6 Å². The lowest BCUT2D eigenvalue weighted by molar-refractivity contribution is -0.143. The molecule has 0 radical (unpaired) electrons. The van der Waals surface area contributed by atoms with Crippen LogP contribution in [0.1, 0.15) is 13.8 Å². The van der Waals surface area contributed by atoms with E-state index in [2.05, 4.69) is 10.3 Å². The molecule has 1 aromatic heterocycles. The van der Waals surface area contributed by atoms with Crippen molar-refractivity contribution in [2.24, 2.45) is 5.92 Å². The topological polar surface area (TPSA) is 117 Å². The molecule has 0 aliphatic carbocycles. The van der Waals surface area contributed by atoms with E-state index in [1.54, 1.807) is 13.8 Å². The van der Waals surface area contributed by atoms with E-state index in [0.29, 0.717) is 0 Å². The number of carboxylic acids is 1. The highest BCUT2D eigenvalue weighted by Crippen LogP contribution is 2.12. The summed E-state index contributed by atoms with van der Waals surface area (Å²) in [6.07, 6.45) is 2.61. The average Bonchev–Trinajstić information content (AvgIpc) is 2.44. The zero-order valence-electron chi connectivity index (χ0n) is 12.6. The van der Waals surface area contributed by atoms with Crippen LogP contribution in [0.3, 0.4) is 0 Å². The van der Waals surface area contributed by atoms with E-state index in [1.165, 1.54) is 31.6 Å². The minimum atomic E-state index is -3.85. The highest BCUT2D eigenvalue weighted by Gasteiger charge is 2.27. The van der Waals surface area contributed by atoms with Crippen LogP contribution >= 0.6 is 0 Å². The van der Waals surface area contributed by atoms with Crippen LogP contribution < -0.4 is 5.32 Å². The van der Waals surface area contributed by atoms with Crippen LogP contribution in [0, 0.1) is 5.92 Å². The SMILES string of the molecule is CC(C)C(NC(=O)CN(C)S(=O)(=O)c1cccnc1)C(=O)O. The zero-order valence-corrected chi connectivity index (χ0v) is 13.4. The lowest BCUT2D eigenvalue weighted by Gasteiger charge is -2.21. The number of hydrogen-bond acceptors (Lipinski definition) is 5. The number of hydrogen-bond donors (Lipinski definition) is 2. The normalized spacial score (nSPS) is 13.1. The van der Waals surface area contributed by atoms with Gasteiger partial charge in [0, 0.05) is 19.4 Å². The van der Waals surface area contributed by atoms with Crippen LogP contribution in [-0.4, -0.2) is 54.3 Å². The number of nitrogens with zero attached hydrogens (tertiary/aromatic N) is 2. The van der Waals surface area contributed by atoms with E-state index in [9.17, 15) is 18.0 Å². The minimum Gasteiger partial charge on any atom is -0.480 e. The predicted octanol–water partition coefficient (Wildman–Crippen LogP) is -0.0725. The van der Waals surface area contributed by atoms with Gasteiger partial charge in [-0.1, -0.05) is 13.8 Å². The molecule has 0 saturated heterocycles. The highest BCUT2D eigenvalue weighted by molar-refractivity contribution is 7.89. The molecule has 1 atom stereocenters. The Labute approximate surface area is 129 Å². The van der Waals surface area contributed by atoms with Gasteiger partial charge in [-0.15, -0.1) is 0 Å². The Kier molecular flexibility index (Phi) is 6.01. The Morgan fingerprint density at radius 2 is 2.05 bits per heavy atom. The van der Waals surface area contributed by atoms with Gasteiger partial charge in [0.25, 0.3) is 0 Å². The van der Waals surface area contributed by atoms with Gasteiger partial charge >= 0.3 is 5.97 Å². The van der Waals surface area contributed by atoms with Crippen molar-refractivity contribution in [1.29, 1.82) is 0 Å². The molecular formula is C13H19N3O5S. The van der Waals surface area contributed by atoms with Crippen molar-refractivity contribution < 1.29 is 23.1 Å². The molecule has 0 saturated carbocycles. The number of nitrogens with one attached hydrogen (secondary N) is 1. The van der Waals surface area contributed by atoms with E-state index >= 15 is 0 Å². The van der Waals surface area contributed by atoms with Crippen molar-refractivity contribution in [2.75, 3.05) is 13.6 Å². The second-order valence-electron chi connectivity index (χ2n) is 5.08. The van der Waals surface area contributed by atoms with Crippen molar-refractivity contribution >= 4 is 21.9 Å². The van der Waals surface area contributed by atoms with Gasteiger partial charge in [0.15, 0.2) is 0 Å². The summed E-state index contributed by atoms with van der Waals surface area (Å²) in [5.74, 6) is -2.17. The zero-order chi connectivity index (χ0) is 16.9. The molecule has 9 heteroatoms. The summed E-state index contributed by atoms with van der Waals surface area (Å²) < 4.78 is 25.3. The van der Waals surface area contributed by atoms with E-state index in [1.807, 2.05) is 0 Å². The molecule has 22 heavy (non-hydrogen) atoms. The number of carbonyl (C=O) groups excluding carboxylic acids is 1. The number of likely N-dealkylation sites (N-methyl/N-ethyl adjacent to an activating group) is 1. The number of pyridine rings is 1. The first-order valence-electron chi connectivity index (χ1n) is 6.54. The largest absolute Gasteiger partial charge is 0.480 e. The Bertz CT molecular complexity index is 630. The molecule has 8 nitrogen and oxygen atoms in total. The summed E-state index contributed by atoms with van der Waals surface area (Å²) in [5, 5.41) is 11.3. The van der Waals surface area contributed by atoms with E-state index < -0.39 is 34.5 Å². The Balaban J connectivity index is 2.78. The molecule has 1 heterocycles. The van der Waals surface area contributed by atoms with E-state index in [0.717, 1.165) is 4.31 Å². The van der Waals surface area contributed by atoms with Gasteiger partial charge in [0.05, 0.1) is 6.54 Å². The standard InChI is InChI=1S/C13H19N3O5S/c1-9(2)12(13(18)19)15-11(17)8-16(3)22(20,21)10-5-4-6-14-7-10/h4-7,9,12H,8H2,1-3H3,(H,15,17)(H,18,19). The smallest absolute Gasteiger partial charge is 0.326 e. The number of sulfonamides is 1. The fourth-order valence-electron chi connectivity index (χ4n) is 1.70. The number of rotatable bonds is 7. The summed E-state index contributed by atoms with van der Waals surface area (Å²) in [7, 11) is -2.60. The Morgan fingerprint density at radius 3 is 2.50 bits per heavy atom. The van der Waals surface area contributed by atoms with Gasteiger partial charge < -0.3 is 10.4 Å². The first-order chi connectivity index (χ1) is 10.2. The van der Waals surface area contributed by atoms with Crippen molar-refractivity contribution in [3.63, 3.8) is 0 Å². The van der Waals surface area contributed by atoms with Crippen LogP contribution in [0.4, 0.5) is 0 Å². The van der Waals surface area contributed by atoms with Crippen molar-refractivity contribution in [3.8, 4) is 0 Å². The molecule has 1 unspecified atom stereocenters. The molecule has 0 aliphatic rings. The Morgan fingerprint density at radius 1 is 1.41 bits per heavy atom. The molecule has 1 rings (SSSR count). The van der Waals surface area contributed by atoms with Crippen molar-refractivity contribution in [3.05, 3.63) is 24.5 Å². The predicted molar refractivity (Wildman–Crippen MR) is 78.5 cm³/mol.